The van der Waals surface area contributed by atoms with Crippen LogP contribution in [0.3, 0.4) is 0 Å². The average molecular weight is 256 g/mol. The van der Waals surface area contributed by atoms with Crippen LogP contribution in [-0.2, 0) is 14.6 Å². The lowest BCUT2D eigenvalue weighted by Crippen LogP contribution is -2.16. The van der Waals surface area contributed by atoms with Gasteiger partial charge in [0, 0.05) is 0 Å². The van der Waals surface area contributed by atoms with Crippen LogP contribution in [0.25, 0.3) is 6.08 Å². The van der Waals surface area contributed by atoms with Gasteiger partial charge in [0.05, 0.1) is 15.7 Å². The Balaban J connectivity index is 2.61. The second kappa shape index (κ2) is 3.66. The molecule has 1 unspecified atom stereocenters. The number of fused-ring (bicyclic) bond motifs is 1. The van der Waals surface area contributed by atoms with Crippen molar-refractivity contribution in [3.05, 3.63) is 34.5 Å². The number of carbonyl (C=O) groups is 1. The summed E-state index contributed by atoms with van der Waals surface area (Å²) in [5.74, 6) is -3.03. The van der Waals surface area contributed by atoms with Crippen molar-refractivity contribution in [2.45, 2.75) is 11.8 Å². The van der Waals surface area contributed by atoms with E-state index in [0.29, 0.717) is 5.56 Å². The number of benzene rings is 1. The maximum Gasteiger partial charge on any atom is 0.311 e. The minimum Gasteiger partial charge on any atom is -0.481 e. The number of rotatable bonds is 2. The lowest BCUT2D eigenvalue weighted by molar-refractivity contribution is -0.139. The molecule has 0 bridgehead atoms. The first-order valence-corrected chi connectivity index (χ1v) is 6.31. The number of carboxylic acids is 1. The molecule has 0 saturated carbocycles. The predicted octanol–water partition coefficient (Wildman–Crippen LogP) is 1.67. The van der Waals surface area contributed by atoms with Crippen molar-refractivity contribution >= 4 is 21.9 Å². The van der Waals surface area contributed by atoms with E-state index in [1.54, 1.807) is 0 Å². The highest BCUT2D eigenvalue weighted by atomic mass is 32.2. The van der Waals surface area contributed by atoms with Crippen LogP contribution in [0.5, 0.6) is 0 Å². The Hall–Kier alpha value is -1.69. The second-order valence-corrected chi connectivity index (χ2v) is 5.71. The Morgan fingerprint density at radius 3 is 2.65 bits per heavy atom. The molecule has 17 heavy (non-hydrogen) atoms. The SMILES string of the molecule is CC(C(=O)O)C1=Cc2ccc(F)cc2S1(=O)=O. The minimum atomic E-state index is -3.87. The maximum absolute atomic E-state index is 13.0. The van der Waals surface area contributed by atoms with Crippen molar-refractivity contribution in [1.82, 2.24) is 0 Å². The molecule has 2 rings (SSSR count). The van der Waals surface area contributed by atoms with Crippen LogP contribution < -0.4 is 0 Å². The van der Waals surface area contributed by atoms with Gasteiger partial charge in [-0.1, -0.05) is 6.07 Å². The topological polar surface area (TPSA) is 71.4 Å². The summed E-state index contributed by atoms with van der Waals surface area (Å²) in [6.45, 7) is 1.29. The molecule has 1 aromatic carbocycles. The summed E-state index contributed by atoms with van der Waals surface area (Å²) in [6.07, 6.45) is 1.28. The highest BCUT2D eigenvalue weighted by Gasteiger charge is 2.35. The van der Waals surface area contributed by atoms with Gasteiger partial charge in [-0.05, 0) is 30.7 Å². The van der Waals surface area contributed by atoms with Crippen molar-refractivity contribution in [1.29, 1.82) is 0 Å². The summed E-state index contributed by atoms with van der Waals surface area (Å²) >= 11 is 0. The van der Waals surface area contributed by atoms with Crippen molar-refractivity contribution in [2.24, 2.45) is 5.92 Å². The maximum atomic E-state index is 13.0. The number of aliphatic carboxylic acids is 1. The van der Waals surface area contributed by atoms with Gasteiger partial charge in [0.2, 0.25) is 9.84 Å². The zero-order valence-corrected chi connectivity index (χ0v) is 9.66. The first kappa shape index (κ1) is 11.8. The van der Waals surface area contributed by atoms with E-state index in [2.05, 4.69) is 0 Å². The molecule has 1 heterocycles. The largest absolute Gasteiger partial charge is 0.481 e. The standard InChI is InChI=1S/C11H9FO4S/c1-6(11(13)14)9-4-7-2-3-8(12)5-10(7)17(9,15)16/h2-6H,1H3,(H,13,14). The van der Waals surface area contributed by atoms with E-state index >= 15 is 0 Å². The number of hydrogen-bond acceptors (Lipinski definition) is 3. The second-order valence-electron chi connectivity index (χ2n) is 3.79. The number of carboxylic acid groups (broad SMARTS) is 1. The fraction of sp³-hybridized carbons (Fsp3) is 0.182. The number of halogens is 1. The van der Waals surface area contributed by atoms with Crippen molar-refractivity contribution in [3.63, 3.8) is 0 Å². The third kappa shape index (κ3) is 1.74. The zero-order valence-electron chi connectivity index (χ0n) is 8.84. The van der Waals surface area contributed by atoms with Crippen LogP contribution in [-0.4, -0.2) is 19.5 Å². The Morgan fingerprint density at radius 2 is 2.06 bits per heavy atom. The van der Waals surface area contributed by atoms with Gasteiger partial charge in [-0.2, -0.15) is 0 Å². The highest BCUT2D eigenvalue weighted by molar-refractivity contribution is 7.95. The van der Waals surface area contributed by atoms with Gasteiger partial charge < -0.3 is 5.11 Å². The molecule has 0 aromatic heterocycles. The van der Waals surface area contributed by atoms with E-state index in [9.17, 15) is 17.6 Å². The van der Waals surface area contributed by atoms with Gasteiger partial charge >= 0.3 is 5.97 Å². The number of hydrogen-bond donors (Lipinski definition) is 1. The summed E-state index contributed by atoms with van der Waals surface area (Å²) in [5, 5.41) is 8.83. The summed E-state index contributed by atoms with van der Waals surface area (Å²) < 4.78 is 37.0. The third-order valence-electron chi connectivity index (χ3n) is 2.67. The van der Waals surface area contributed by atoms with Crippen molar-refractivity contribution < 1.29 is 22.7 Å². The molecular formula is C11H9FO4S. The normalized spacial score (nSPS) is 18.4. The van der Waals surface area contributed by atoms with Crippen molar-refractivity contribution in [2.75, 3.05) is 0 Å². The molecule has 0 radical (unpaired) electrons. The summed E-state index contributed by atoms with van der Waals surface area (Å²) in [7, 11) is -3.87. The van der Waals surface area contributed by atoms with Crippen LogP contribution in [0.15, 0.2) is 28.0 Å². The zero-order chi connectivity index (χ0) is 12.8. The van der Waals surface area contributed by atoms with E-state index in [0.717, 1.165) is 12.1 Å². The van der Waals surface area contributed by atoms with Gasteiger partial charge in [0.15, 0.2) is 0 Å². The highest BCUT2D eigenvalue weighted by Crippen LogP contribution is 2.36. The summed E-state index contributed by atoms with van der Waals surface area (Å²) in [5.41, 5.74) is 0.328. The molecule has 90 valence electrons. The number of sulfone groups is 1. The molecule has 0 saturated heterocycles. The fourth-order valence-electron chi connectivity index (χ4n) is 1.70. The average Bonchev–Trinajstić information content (AvgIpc) is 2.50. The molecule has 0 amide bonds. The predicted molar refractivity (Wildman–Crippen MR) is 58.4 cm³/mol. The molecule has 1 aliphatic rings. The molecule has 1 atom stereocenters. The quantitative estimate of drug-likeness (QED) is 0.873. The molecular weight excluding hydrogens is 247 g/mol. The Labute approximate surface area is 97.3 Å². The van der Waals surface area contributed by atoms with E-state index in [4.69, 9.17) is 5.11 Å². The van der Waals surface area contributed by atoms with Crippen LogP contribution in [0.4, 0.5) is 4.39 Å². The summed E-state index contributed by atoms with van der Waals surface area (Å²) in [6, 6.07) is 3.37. The van der Waals surface area contributed by atoms with Crippen LogP contribution in [0, 0.1) is 11.7 Å². The first-order chi connectivity index (χ1) is 7.84. The third-order valence-corrected chi connectivity index (χ3v) is 4.69. The smallest absolute Gasteiger partial charge is 0.311 e. The van der Waals surface area contributed by atoms with Gasteiger partial charge in [-0.25, -0.2) is 12.8 Å². The molecule has 0 spiro atoms. The Morgan fingerprint density at radius 1 is 1.41 bits per heavy atom. The molecule has 0 aliphatic carbocycles. The molecule has 1 aromatic rings. The van der Waals surface area contributed by atoms with Gasteiger partial charge in [-0.15, -0.1) is 0 Å². The van der Waals surface area contributed by atoms with Crippen LogP contribution in [0.2, 0.25) is 0 Å². The molecule has 6 heteroatoms. The van der Waals surface area contributed by atoms with E-state index < -0.39 is 27.5 Å². The van der Waals surface area contributed by atoms with Gasteiger partial charge in [0.1, 0.15) is 5.82 Å². The first-order valence-electron chi connectivity index (χ1n) is 4.83. The summed E-state index contributed by atoms with van der Waals surface area (Å²) in [4.78, 5) is 10.4. The van der Waals surface area contributed by atoms with E-state index in [-0.39, 0.29) is 9.80 Å². The fourth-order valence-corrected chi connectivity index (χ4v) is 3.50. The van der Waals surface area contributed by atoms with Gasteiger partial charge in [-0.3, -0.25) is 4.79 Å². The van der Waals surface area contributed by atoms with Gasteiger partial charge in [0.25, 0.3) is 0 Å². The monoisotopic (exact) mass is 256 g/mol. The van der Waals surface area contributed by atoms with E-state index in [1.807, 2.05) is 0 Å². The lowest BCUT2D eigenvalue weighted by Gasteiger charge is -2.07. The van der Waals surface area contributed by atoms with Crippen LogP contribution >= 0.6 is 0 Å². The molecule has 0 fully saturated rings. The van der Waals surface area contributed by atoms with E-state index in [1.165, 1.54) is 19.1 Å². The molecule has 4 nitrogen and oxygen atoms in total. The molecule has 1 aliphatic heterocycles. The van der Waals surface area contributed by atoms with Crippen LogP contribution in [0.1, 0.15) is 12.5 Å². The molecule has 1 N–H and O–H groups in total. The Bertz CT molecular complexity index is 631. The minimum absolute atomic E-state index is 0.166. The lowest BCUT2D eigenvalue weighted by atomic mass is 10.1. The Kier molecular flexibility index (Phi) is 2.54. The van der Waals surface area contributed by atoms with Crippen molar-refractivity contribution in [3.8, 4) is 0 Å².